The number of carbonyl (C=O) groups is 1. The largest absolute Gasteiger partial charge is 0.339 e. The predicted octanol–water partition coefficient (Wildman–Crippen LogP) is 4.03. The van der Waals surface area contributed by atoms with Gasteiger partial charge in [0.05, 0.1) is 12.1 Å². The molecule has 0 aliphatic rings. The number of aryl methyl sites for hydroxylation is 3. The summed E-state index contributed by atoms with van der Waals surface area (Å²) >= 11 is 0. The zero-order chi connectivity index (χ0) is 22.0. The third-order valence-corrected chi connectivity index (χ3v) is 5.08. The molecule has 0 bridgehead atoms. The molecule has 0 radical (unpaired) electrons. The van der Waals surface area contributed by atoms with E-state index in [-0.39, 0.29) is 18.1 Å². The number of carbonyl (C=O) groups excluding carboxylic acids is 1. The Hall–Kier alpha value is -3.68. The normalized spacial score (nSPS) is 11.1. The lowest BCUT2D eigenvalue weighted by atomic mass is 10.1. The predicted molar refractivity (Wildman–Crippen MR) is 113 cm³/mol. The summed E-state index contributed by atoms with van der Waals surface area (Å²) in [7, 11) is 1.72. The van der Waals surface area contributed by atoms with Crippen LogP contribution in [-0.4, -0.2) is 38.0 Å². The van der Waals surface area contributed by atoms with Gasteiger partial charge < -0.3 is 9.42 Å². The van der Waals surface area contributed by atoms with Crippen molar-refractivity contribution < 1.29 is 13.7 Å². The van der Waals surface area contributed by atoms with E-state index in [0.717, 1.165) is 16.6 Å². The van der Waals surface area contributed by atoms with Gasteiger partial charge in [-0.3, -0.25) is 4.79 Å². The molecule has 0 saturated carbocycles. The van der Waals surface area contributed by atoms with Gasteiger partial charge in [0.2, 0.25) is 17.6 Å². The van der Waals surface area contributed by atoms with Crippen LogP contribution in [0.2, 0.25) is 0 Å². The Morgan fingerprint density at radius 1 is 1.10 bits per heavy atom. The van der Waals surface area contributed by atoms with Gasteiger partial charge in [-0.05, 0) is 43.7 Å². The molecule has 158 valence electrons. The molecule has 0 aliphatic heterocycles. The maximum atomic E-state index is 13.4. The summed E-state index contributed by atoms with van der Waals surface area (Å²) in [6, 6.07) is 12.4. The topological polar surface area (TPSA) is 85.0 Å². The fourth-order valence-corrected chi connectivity index (χ4v) is 3.33. The highest BCUT2D eigenvalue weighted by atomic mass is 19.1. The number of rotatable bonds is 6. The van der Waals surface area contributed by atoms with E-state index in [2.05, 4.69) is 20.1 Å². The lowest BCUT2D eigenvalue weighted by Gasteiger charge is -2.16. The third kappa shape index (κ3) is 4.58. The maximum Gasteiger partial charge on any atom is 0.227 e. The number of hydrogen-bond donors (Lipinski definition) is 0. The smallest absolute Gasteiger partial charge is 0.227 e. The molecular weight excluding hydrogens is 397 g/mol. The molecular formula is C23H22FN5O2. The van der Waals surface area contributed by atoms with E-state index in [9.17, 15) is 9.18 Å². The van der Waals surface area contributed by atoms with Crippen molar-refractivity contribution >= 4 is 16.8 Å². The fourth-order valence-electron chi connectivity index (χ4n) is 3.33. The minimum absolute atomic E-state index is 0.0770. The highest BCUT2D eigenvalue weighted by Gasteiger charge is 2.15. The molecule has 31 heavy (non-hydrogen) atoms. The zero-order valence-corrected chi connectivity index (χ0v) is 17.6. The van der Waals surface area contributed by atoms with Crippen LogP contribution >= 0.6 is 0 Å². The third-order valence-electron chi connectivity index (χ3n) is 5.08. The molecule has 0 atom stereocenters. The number of para-hydroxylation sites is 1. The fraction of sp³-hybridized carbons (Fsp3) is 0.261. The lowest BCUT2D eigenvalue weighted by molar-refractivity contribution is -0.130. The summed E-state index contributed by atoms with van der Waals surface area (Å²) in [6.45, 7) is 3.93. The van der Waals surface area contributed by atoms with Crippen LogP contribution in [0.3, 0.4) is 0 Å². The molecule has 0 aliphatic carbocycles. The van der Waals surface area contributed by atoms with Crippen LogP contribution in [0.25, 0.3) is 22.3 Å². The molecule has 7 nitrogen and oxygen atoms in total. The number of nitrogens with zero attached hydrogens (tertiary/aromatic N) is 5. The van der Waals surface area contributed by atoms with E-state index in [0.29, 0.717) is 41.6 Å². The van der Waals surface area contributed by atoms with Crippen molar-refractivity contribution in [3.05, 3.63) is 71.3 Å². The van der Waals surface area contributed by atoms with E-state index in [1.54, 1.807) is 31.0 Å². The van der Waals surface area contributed by atoms with Crippen molar-refractivity contribution in [2.24, 2.45) is 0 Å². The molecule has 0 saturated heterocycles. The summed E-state index contributed by atoms with van der Waals surface area (Å²) in [6.07, 6.45) is 0.529. The van der Waals surface area contributed by atoms with Gasteiger partial charge in [0, 0.05) is 36.5 Å². The van der Waals surface area contributed by atoms with Crippen LogP contribution in [0.15, 0.2) is 47.0 Å². The molecule has 4 aromatic rings. The zero-order valence-electron chi connectivity index (χ0n) is 17.6. The van der Waals surface area contributed by atoms with Gasteiger partial charge in [0.1, 0.15) is 11.6 Å². The number of benzene rings is 2. The van der Waals surface area contributed by atoms with Crippen LogP contribution in [0.1, 0.15) is 29.4 Å². The first kappa shape index (κ1) is 20.6. The van der Waals surface area contributed by atoms with Crippen molar-refractivity contribution in [3.63, 3.8) is 0 Å². The van der Waals surface area contributed by atoms with Gasteiger partial charge in [0.15, 0.2) is 0 Å². The van der Waals surface area contributed by atoms with Crippen LogP contribution in [0, 0.1) is 19.7 Å². The maximum absolute atomic E-state index is 13.4. The number of halogens is 1. The molecule has 0 fully saturated rings. The number of aromatic nitrogens is 4. The summed E-state index contributed by atoms with van der Waals surface area (Å²) in [5.41, 5.74) is 2.92. The van der Waals surface area contributed by atoms with Crippen molar-refractivity contribution in [3.8, 4) is 11.4 Å². The quantitative estimate of drug-likeness (QED) is 0.469. The Balaban J connectivity index is 1.38. The number of hydrogen-bond acceptors (Lipinski definition) is 6. The lowest BCUT2D eigenvalue weighted by Crippen LogP contribution is -2.27. The molecule has 4 rings (SSSR count). The SMILES string of the molecule is Cc1cc(-c2noc(CCC(=O)N(C)Cc3nc(C)c4ccccc4n3)n2)ccc1F. The van der Waals surface area contributed by atoms with Crippen molar-refractivity contribution in [1.29, 1.82) is 0 Å². The van der Waals surface area contributed by atoms with E-state index < -0.39 is 0 Å². The monoisotopic (exact) mass is 419 g/mol. The molecule has 8 heteroatoms. The Bertz CT molecular complexity index is 1250. The van der Waals surface area contributed by atoms with Gasteiger partial charge in [-0.2, -0.15) is 4.98 Å². The summed E-state index contributed by atoms with van der Waals surface area (Å²) in [5.74, 6) is 0.966. The summed E-state index contributed by atoms with van der Waals surface area (Å²) in [4.78, 5) is 27.5. The number of fused-ring (bicyclic) bond motifs is 1. The summed E-state index contributed by atoms with van der Waals surface area (Å²) < 4.78 is 18.7. The molecule has 2 aromatic heterocycles. The first-order valence-electron chi connectivity index (χ1n) is 9.96. The van der Waals surface area contributed by atoms with Crippen LogP contribution in [-0.2, 0) is 17.8 Å². The number of amides is 1. The van der Waals surface area contributed by atoms with Crippen LogP contribution < -0.4 is 0 Å². The Labute approximate surface area is 178 Å². The molecule has 0 unspecified atom stereocenters. The van der Waals surface area contributed by atoms with Gasteiger partial charge in [-0.15, -0.1) is 0 Å². The molecule has 0 spiro atoms. The first-order chi connectivity index (χ1) is 14.9. The Morgan fingerprint density at radius 2 is 1.90 bits per heavy atom. The minimum atomic E-state index is -0.285. The second kappa shape index (κ2) is 8.59. The van der Waals surface area contributed by atoms with Crippen molar-refractivity contribution in [1.82, 2.24) is 25.0 Å². The van der Waals surface area contributed by atoms with Gasteiger partial charge in [-0.25, -0.2) is 14.4 Å². The van der Waals surface area contributed by atoms with Crippen LogP contribution in [0.4, 0.5) is 4.39 Å². The second-order valence-corrected chi connectivity index (χ2v) is 7.47. The average molecular weight is 419 g/mol. The highest BCUT2D eigenvalue weighted by Crippen LogP contribution is 2.20. The van der Waals surface area contributed by atoms with Gasteiger partial charge in [0.25, 0.3) is 0 Å². The molecule has 2 heterocycles. The van der Waals surface area contributed by atoms with Crippen molar-refractivity contribution in [2.45, 2.75) is 33.2 Å². The van der Waals surface area contributed by atoms with Gasteiger partial charge >= 0.3 is 0 Å². The summed E-state index contributed by atoms with van der Waals surface area (Å²) in [5, 5.41) is 4.94. The van der Waals surface area contributed by atoms with Gasteiger partial charge in [-0.1, -0.05) is 23.4 Å². The van der Waals surface area contributed by atoms with Crippen molar-refractivity contribution in [2.75, 3.05) is 7.05 Å². The Kier molecular flexibility index (Phi) is 5.70. The average Bonchev–Trinajstić information content (AvgIpc) is 3.23. The Morgan fingerprint density at radius 3 is 2.71 bits per heavy atom. The standard InChI is InChI=1S/C23H22FN5O2/c1-14-12-16(8-9-18(14)24)23-27-21(31-28-23)10-11-22(30)29(3)13-20-25-15(2)17-6-4-5-7-19(17)26-20/h4-9,12H,10-11,13H2,1-3H3. The van der Waals surface area contributed by atoms with E-state index in [4.69, 9.17) is 4.52 Å². The molecule has 1 amide bonds. The molecule has 2 aromatic carbocycles. The van der Waals surface area contributed by atoms with E-state index >= 15 is 0 Å². The first-order valence-corrected chi connectivity index (χ1v) is 9.96. The molecule has 0 N–H and O–H groups in total. The van der Waals surface area contributed by atoms with Crippen LogP contribution in [0.5, 0.6) is 0 Å². The highest BCUT2D eigenvalue weighted by molar-refractivity contribution is 5.80. The van der Waals surface area contributed by atoms with E-state index in [1.807, 2.05) is 31.2 Å². The minimum Gasteiger partial charge on any atom is -0.339 e. The second-order valence-electron chi connectivity index (χ2n) is 7.47. The van der Waals surface area contributed by atoms with E-state index in [1.165, 1.54) is 6.07 Å².